The maximum Gasteiger partial charge on any atom is 0.274 e. The van der Waals surface area contributed by atoms with Gasteiger partial charge in [-0.2, -0.15) is 0 Å². The van der Waals surface area contributed by atoms with Gasteiger partial charge in [0.2, 0.25) is 0 Å². The van der Waals surface area contributed by atoms with Gasteiger partial charge < -0.3 is 39.8 Å². The molecule has 5 rings (SSSR count). The molecule has 1 amide bonds. The van der Waals surface area contributed by atoms with Crippen LogP contribution in [0.1, 0.15) is 49.7 Å². The van der Waals surface area contributed by atoms with E-state index in [0.29, 0.717) is 42.7 Å². The van der Waals surface area contributed by atoms with E-state index in [1.54, 1.807) is 12.3 Å². The van der Waals surface area contributed by atoms with Crippen LogP contribution in [-0.4, -0.2) is 78.9 Å². The second kappa shape index (κ2) is 16.4. The topological polar surface area (TPSA) is 109 Å². The van der Waals surface area contributed by atoms with Crippen LogP contribution < -0.4 is 25.4 Å². The van der Waals surface area contributed by atoms with Crippen molar-refractivity contribution in [3.8, 4) is 11.5 Å². The Hall–Kier alpha value is -4.74. The van der Waals surface area contributed by atoms with Crippen LogP contribution in [0, 0.1) is 0 Å². The minimum atomic E-state index is -0.403. The Labute approximate surface area is 283 Å². The standard InChI is InChI=1S/C37H48N6O5/c1-27(39-30-13-15-34-35(24-30)47-23-22-46-34)43(17-9-8-16-42-18-20-45-21-19-42)26-29-12-14-33(38-25-29)36(44)41-32-11-7-6-10-31(32)40-28(2)48-37(3,4)5/h6-7,10-15,24-25,39-40H,1-2,8-9,16-23,26H2,3-5H3,(H,41,44). The molecule has 2 aliphatic rings. The lowest BCUT2D eigenvalue weighted by Gasteiger charge is -2.29. The molecule has 11 nitrogen and oxygen atoms in total. The summed E-state index contributed by atoms with van der Waals surface area (Å²) in [5.74, 6) is 2.30. The number of morpholine rings is 1. The number of carbonyl (C=O) groups is 1. The summed E-state index contributed by atoms with van der Waals surface area (Å²) in [5.41, 5.74) is 3.00. The van der Waals surface area contributed by atoms with E-state index in [1.165, 1.54) is 0 Å². The van der Waals surface area contributed by atoms with Gasteiger partial charge in [-0.15, -0.1) is 0 Å². The number of ether oxygens (including phenoxy) is 4. The Bertz CT molecular complexity index is 1550. The second-order valence-corrected chi connectivity index (χ2v) is 12.8. The number of hydrogen-bond donors (Lipinski definition) is 3. The Morgan fingerprint density at radius 1 is 0.917 bits per heavy atom. The fraction of sp³-hybridized carbons (Fsp3) is 0.405. The van der Waals surface area contributed by atoms with Crippen LogP contribution in [-0.2, 0) is 16.0 Å². The number of para-hydroxylation sites is 2. The predicted molar refractivity (Wildman–Crippen MR) is 189 cm³/mol. The highest BCUT2D eigenvalue weighted by atomic mass is 16.6. The number of nitrogens with zero attached hydrogens (tertiary/aromatic N) is 3. The van der Waals surface area contributed by atoms with Gasteiger partial charge in [0.25, 0.3) is 5.91 Å². The van der Waals surface area contributed by atoms with Crippen molar-refractivity contribution in [3.05, 3.63) is 96.9 Å². The summed E-state index contributed by atoms with van der Waals surface area (Å²) in [5, 5.41) is 9.56. The quantitative estimate of drug-likeness (QED) is 0.127. The minimum Gasteiger partial charge on any atom is -0.486 e. The Kier molecular flexibility index (Phi) is 11.8. The van der Waals surface area contributed by atoms with Crippen LogP contribution in [0.5, 0.6) is 11.5 Å². The maximum absolute atomic E-state index is 13.2. The van der Waals surface area contributed by atoms with Crippen molar-refractivity contribution in [2.45, 2.75) is 45.8 Å². The van der Waals surface area contributed by atoms with Crippen LogP contribution >= 0.6 is 0 Å². The van der Waals surface area contributed by atoms with E-state index in [0.717, 1.165) is 80.8 Å². The Balaban J connectivity index is 1.22. The van der Waals surface area contributed by atoms with Crippen molar-refractivity contribution in [1.29, 1.82) is 0 Å². The first-order valence-corrected chi connectivity index (χ1v) is 16.5. The van der Waals surface area contributed by atoms with Crippen LogP contribution in [0.25, 0.3) is 0 Å². The largest absolute Gasteiger partial charge is 0.486 e. The lowest BCUT2D eigenvalue weighted by atomic mass is 10.2. The predicted octanol–water partition coefficient (Wildman–Crippen LogP) is 6.30. The molecular formula is C37H48N6O5. The van der Waals surface area contributed by atoms with Crippen molar-refractivity contribution in [2.75, 3.05) is 68.6 Å². The van der Waals surface area contributed by atoms with Crippen LogP contribution in [0.2, 0.25) is 0 Å². The number of rotatable bonds is 15. The lowest BCUT2D eigenvalue weighted by molar-refractivity contribution is 0.0369. The average molecular weight is 657 g/mol. The molecule has 3 N–H and O–H groups in total. The highest BCUT2D eigenvalue weighted by Gasteiger charge is 2.17. The zero-order valence-corrected chi connectivity index (χ0v) is 28.3. The molecule has 11 heteroatoms. The smallest absolute Gasteiger partial charge is 0.274 e. The van der Waals surface area contributed by atoms with E-state index in [4.69, 9.17) is 18.9 Å². The van der Waals surface area contributed by atoms with Gasteiger partial charge in [-0.25, -0.2) is 0 Å². The second-order valence-electron chi connectivity index (χ2n) is 12.8. The molecule has 0 unspecified atom stereocenters. The summed E-state index contributed by atoms with van der Waals surface area (Å²) in [6.07, 6.45) is 3.81. The van der Waals surface area contributed by atoms with Crippen molar-refractivity contribution < 1.29 is 23.7 Å². The highest BCUT2D eigenvalue weighted by Crippen LogP contribution is 2.33. The van der Waals surface area contributed by atoms with E-state index in [9.17, 15) is 4.79 Å². The SMILES string of the molecule is C=C(Nc1ccccc1NC(=O)c1ccc(CN(CCCCN2CCOCC2)C(=C)Nc2ccc3c(c2)OCCO3)cn1)OC(C)(C)C. The molecule has 0 aliphatic carbocycles. The van der Waals surface area contributed by atoms with Gasteiger partial charge >= 0.3 is 0 Å². The first-order valence-electron chi connectivity index (χ1n) is 16.5. The Morgan fingerprint density at radius 3 is 2.35 bits per heavy atom. The number of amides is 1. The number of carbonyl (C=O) groups excluding carboxylic acids is 1. The third-order valence-electron chi connectivity index (χ3n) is 7.78. The van der Waals surface area contributed by atoms with E-state index in [1.807, 2.05) is 69.3 Å². The number of nitrogens with one attached hydrogen (secondary N) is 3. The molecule has 48 heavy (non-hydrogen) atoms. The minimum absolute atomic E-state index is 0.309. The van der Waals surface area contributed by atoms with Gasteiger partial charge in [0.1, 0.15) is 24.5 Å². The third-order valence-corrected chi connectivity index (χ3v) is 7.78. The fourth-order valence-electron chi connectivity index (χ4n) is 5.44. The fourth-order valence-corrected chi connectivity index (χ4v) is 5.44. The number of aromatic nitrogens is 1. The number of hydrogen-bond acceptors (Lipinski definition) is 10. The lowest BCUT2D eigenvalue weighted by Crippen LogP contribution is -2.37. The van der Waals surface area contributed by atoms with Gasteiger partial charge in [0.15, 0.2) is 17.4 Å². The van der Waals surface area contributed by atoms with Crippen molar-refractivity contribution in [2.24, 2.45) is 0 Å². The van der Waals surface area contributed by atoms with Gasteiger partial charge in [0, 0.05) is 44.1 Å². The number of fused-ring (bicyclic) bond motifs is 1. The van der Waals surface area contributed by atoms with E-state index in [2.05, 4.69) is 43.9 Å². The molecule has 0 radical (unpaired) electrons. The molecule has 256 valence electrons. The molecule has 1 fully saturated rings. The van der Waals surface area contributed by atoms with Crippen molar-refractivity contribution >= 4 is 23.0 Å². The van der Waals surface area contributed by atoms with Crippen LogP contribution in [0.4, 0.5) is 17.1 Å². The molecule has 2 aromatic carbocycles. The molecule has 1 aromatic heterocycles. The van der Waals surface area contributed by atoms with Gasteiger partial charge in [-0.3, -0.25) is 14.7 Å². The zero-order chi connectivity index (χ0) is 33.9. The summed E-state index contributed by atoms with van der Waals surface area (Å²) in [7, 11) is 0. The monoisotopic (exact) mass is 656 g/mol. The van der Waals surface area contributed by atoms with Crippen LogP contribution in [0.15, 0.2) is 85.7 Å². The first kappa shape index (κ1) is 34.6. The average Bonchev–Trinajstić information content (AvgIpc) is 3.07. The molecule has 0 saturated carbocycles. The molecule has 3 aromatic rings. The van der Waals surface area contributed by atoms with E-state index >= 15 is 0 Å². The van der Waals surface area contributed by atoms with Gasteiger partial charge in [0.05, 0.1) is 30.4 Å². The summed E-state index contributed by atoms with van der Waals surface area (Å²) >= 11 is 0. The number of benzene rings is 2. The van der Waals surface area contributed by atoms with Gasteiger partial charge in [-0.1, -0.05) is 24.8 Å². The van der Waals surface area contributed by atoms with Crippen molar-refractivity contribution in [1.82, 2.24) is 14.8 Å². The van der Waals surface area contributed by atoms with E-state index in [-0.39, 0.29) is 5.91 Å². The highest BCUT2D eigenvalue weighted by molar-refractivity contribution is 6.04. The molecule has 2 aliphatic heterocycles. The van der Waals surface area contributed by atoms with Crippen LogP contribution in [0.3, 0.4) is 0 Å². The van der Waals surface area contributed by atoms with E-state index < -0.39 is 5.60 Å². The summed E-state index contributed by atoms with van der Waals surface area (Å²) in [6.45, 7) is 21.2. The number of anilines is 3. The summed E-state index contributed by atoms with van der Waals surface area (Å²) in [6, 6.07) is 16.9. The molecule has 0 bridgehead atoms. The van der Waals surface area contributed by atoms with Gasteiger partial charge in [-0.05, 0) is 82.6 Å². The summed E-state index contributed by atoms with van der Waals surface area (Å²) < 4.78 is 22.7. The number of pyridine rings is 1. The summed E-state index contributed by atoms with van der Waals surface area (Å²) in [4.78, 5) is 22.4. The Morgan fingerprint density at radius 2 is 1.65 bits per heavy atom. The zero-order valence-electron chi connectivity index (χ0n) is 28.3. The molecular weight excluding hydrogens is 608 g/mol. The maximum atomic E-state index is 13.2. The molecule has 0 spiro atoms. The molecule has 0 atom stereocenters. The number of unbranched alkanes of at least 4 members (excludes halogenated alkanes) is 1. The molecule has 1 saturated heterocycles. The normalized spacial score (nSPS) is 14.5. The third kappa shape index (κ3) is 10.4. The molecule has 3 heterocycles. The van der Waals surface area contributed by atoms with Crippen molar-refractivity contribution in [3.63, 3.8) is 0 Å². The first-order chi connectivity index (χ1) is 23.1.